The predicted octanol–water partition coefficient (Wildman–Crippen LogP) is 1.21. The number of nitrogens with two attached hydrogens (primary N) is 1. The number of hydrogen-bond acceptors (Lipinski definition) is 6. The summed E-state index contributed by atoms with van der Waals surface area (Å²) in [7, 11) is 0. The average Bonchev–Trinajstić information content (AvgIpc) is 2.85. The Labute approximate surface area is 194 Å². The van der Waals surface area contributed by atoms with Crippen LogP contribution in [0.2, 0.25) is 0 Å². The van der Waals surface area contributed by atoms with Crippen LogP contribution in [0.3, 0.4) is 0 Å². The maximum absolute atomic E-state index is 13.3. The standard InChI is InChI=1S/C25H32N4O4/c26-24(30)23-19-28(18-20-5-2-1-3-6-20)9-10-29(23)25(31)21-7-4-8-22(17-21)33-16-13-27-11-14-32-15-12-27/h1-8,17,23H,9-16,18-19H2,(H2,26,30). The third kappa shape index (κ3) is 6.31. The van der Waals surface area contributed by atoms with Crippen LogP contribution in [0, 0.1) is 0 Å². The molecule has 2 N–H and O–H groups in total. The van der Waals surface area contributed by atoms with Gasteiger partial charge in [0.25, 0.3) is 5.91 Å². The summed E-state index contributed by atoms with van der Waals surface area (Å²) in [5.41, 5.74) is 7.37. The van der Waals surface area contributed by atoms with Crippen molar-refractivity contribution in [3.63, 3.8) is 0 Å². The number of morpholine rings is 1. The minimum absolute atomic E-state index is 0.197. The summed E-state index contributed by atoms with van der Waals surface area (Å²) in [5, 5.41) is 0. The highest BCUT2D eigenvalue weighted by molar-refractivity contribution is 5.97. The Balaban J connectivity index is 1.36. The molecular formula is C25H32N4O4. The fourth-order valence-corrected chi connectivity index (χ4v) is 4.31. The Morgan fingerprint density at radius 2 is 1.76 bits per heavy atom. The van der Waals surface area contributed by atoms with Crippen LogP contribution < -0.4 is 10.5 Å². The van der Waals surface area contributed by atoms with Crippen LogP contribution in [0.1, 0.15) is 15.9 Å². The molecule has 2 aliphatic rings. The largest absolute Gasteiger partial charge is 0.492 e. The lowest BCUT2D eigenvalue weighted by Crippen LogP contribution is -2.59. The first-order chi connectivity index (χ1) is 16.1. The van der Waals surface area contributed by atoms with Crippen molar-refractivity contribution < 1.29 is 19.1 Å². The first kappa shape index (κ1) is 23.2. The molecule has 2 heterocycles. The summed E-state index contributed by atoms with van der Waals surface area (Å²) >= 11 is 0. The van der Waals surface area contributed by atoms with Gasteiger partial charge in [0.2, 0.25) is 5.91 Å². The fourth-order valence-electron chi connectivity index (χ4n) is 4.31. The molecular weight excluding hydrogens is 420 g/mol. The topological polar surface area (TPSA) is 88.3 Å². The van der Waals surface area contributed by atoms with Crippen LogP contribution in [0.5, 0.6) is 5.75 Å². The number of piperazine rings is 1. The van der Waals surface area contributed by atoms with Crippen molar-refractivity contribution in [3.8, 4) is 5.75 Å². The van der Waals surface area contributed by atoms with Gasteiger partial charge in [-0.25, -0.2) is 0 Å². The van der Waals surface area contributed by atoms with Gasteiger partial charge in [-0.3, -0.25) is 19.4 Å². The van der Waals surface area contributed by atoms with Crippen molar-refractivity contribution in [2.45, 2.75) is 12.6 Å². The molecule has 8 heteroatoms. The molecule has 1 atom stereocenters. The van der Waals surface area contributed by atoms with Gasteiger partial charge in [0, 0.05) is 51.4 Å². The predicted molar refractivity (Wildman–Crippen MR) is 125 cm³/mol. The molecule has 0 aromatic heterocycles. The van der Waals surface area contributed by atoms with E-state index in [9.17, 15) is 9.59 Å². The molecule has 2 aromatic rings. The van der Waals surface area contributed by atoms with Crippen molar-refractivity contribution in [2.75, 3.05) is 59.1 Å². The lowest BCUT2D eigenvalue weighted by Gasteiger charge is -2.40. The maximum Gasteiger partial charge on any atom is 0.254 e. The summed E-state index contributed by atoms with van der Waals surface area (Å²) in [6.07, 6.45) is 0. The van der Waals surface area contributed by atoms with Crippen LogP contribution >= 0.6 is 0 Å². The molecule has 33 heavy (non-hydrogen) atoms. The van der Waals surface area contributed by atoms with E-state index in [1.54, 1.807) is 17.0 Å². The van der Waals surface area contributed by atoms with Crippen LogP contribution in [0.15, 0.2) is 54.6 Å². The number of rotatable bonds is 8. The molecule has 2 amide bonds. The summed E-state index contributed by atoms with van der Waals surface area (Å²) in [6.45, 7) is 6.95. The van der Waals surface area contributed by atoms with Gasteiger partial charge in [0.1, 0.15) is 18.4 Å². The third-order valence-corrected chi connectivity index (χ3v) is 6.16. The van der Waals surface area contributed by atoms with Crippen molar-refractivity contribution in [1.29, 1.82) is 0 Å². The minimum Gasteiger partial charge on any atom is -0.492 e. The number of carbonyl (C=O) groups excluding carboxylic acids is 2. The van der Waals surface area contributed by atoms with Crippen LogP contribution in [0.4, 0.5) is 0 Å². The van der Waals surface area contributed by atoms with Crippen molar-refractivity contribution in [3.05, 3.63) is 65.7 Å². The number of carbonyl (C=O) groups is 2. The van der Waals surface area contributed by atoms with E-state index >= 15 is 0 Å². The number of ether oxygens (including phenoxy) is 2. The summed E-state index contributed by atoms with van der Waals surface area (Å²) in [4.78, 5) is 31.6. The zero-order valence-corrected chi connectivity index (χ0v) is 18.9. The number of primary amides is 1. The lowest BCUT2D eigenvalue weighted by molar-refractivity contribution is -0.124. The number of hydrogen-bond donors (Lipinski definition) is 1. The Bertz CT molecular complexity index is 933. The molecule has 0 radical (unpaired) electrons. The number of benzene rings is 2. The van der Waals surface area contributed by atoms with E-state index < -0.39 is 11.9 Å². The Hall–Kier alpha value is -2.94. The quantitative estimate of drug-likeness (QED) is 0.648. The highest BCUT2D eigenvalue weighted by Gasteiger charge is 2.34. The second-order valence-corrected chi connectivity index (χ2v) is 8.47. The minimum atomic E-state index is -0.666. The van der Waals surface area contributed by atoms with E-state index in [1.165, 1.54) is 5.56 Å². The van der Waals surface area contributed by atoms with Crippen molar-refractivity contribution >= 4 is 11.8 Å². The van der Waals surface area contributed by atoms with E-state index in [-0.39, 0.29) is 5.91 Å². The van der Waals surface area contributed by atoms with E-state index in [0.717, 1.165) is 39.4 Å². The fraction of sp³-hybridized carbons (Fsp3) is 0.440. The van der Waals surface area contributed by atoms with Crippen molar-refractivity contribution in [2.24, 2.45) is 5.73 Å². The maximum atomic E-state index is 13.3. The first-order valence-corrected chi connectivity index (χ1v) is 11.5. The van der Waals surface area contributed by atoms with Gasteiger partial charge >= 0.3 is 0 Å². The molecule has 2 aliphatic heterocycles. The number of amides is 2. The van der Waals surface area contributed by atoms with E-state index in [0.29, 0.717) is 37.6 Å². The molecule has 176 valence electrons. The van der Waals surface area contributed by atoms with Gasteiger partial charge in [-0.1, -0.05) is 36.4 Å². The zero-order chi connectivity index (χ0) is 23.0. The summed E-state index contributed by atoms with van der Waals surface area (Å²) in [6, 6.07) is 16.6. The van der Waals surface area contributed by atoms with Gasteiger partial charge in [0.05, 0.1) is 13.2 Å². The highest BCUT2D eigenvalue weighted by Crippen LogP contribution is 2.20. The third-order valence-electron chi connectivity index (χ3n) is 6.16. The second kappa shape index (κ2) is 11.3. The number of nitrogens with zero attached hydrogens (tertiary/aromatic N) is 3. The van der Waals surface area contributed by atoms with E-state index in [1.807, 2.05) is 30.3 Å². The molecule has 0 saturated carbocycles. The Morgan fingerprint density at radius 3 is 2.52 bits per heavy atom. The zero-order valence-electron chi connectivity index (χ0n) is 18.9. The smallest absolute Gasteiger partial charge is 0.254 e. The molecule has 2 aromatic carbocycles. The summed E-state index contributed by atoms with van der Waals surface area (Å²) < 4.78 is 11.3. The first-order valence-electron chi connectivity index (χ1n) is 11.5. The van der Waals surface area contributed by atoms with E-state index in [4.69, 9.17) is 15.2 Å². The van der Waals surface area contributed by atoms with Crippen LogP contribution in [0.25, 0.3) is 0 Å². The van der Waals surface area contributed by atoms with Crippen LogP contribution in [-0.2, 0) is 16.1 Å². The Morgan fingerprint density at radius 1 is 0.970 bits per heavy atom. The highest BCUT2D eigenvalue weighted by atomic mass is 16.5. The van der Waals surface area contributed by atoms with Gasteiger partial charge in [-0.05, 0) is 23.8 Å². The van der Waals surface area contributed by atoms with E-state index in [2.05, 4.69) is 21.9 Å². The van der Waals surface area contributed by atoms with Gasteiger partial charge < -0.3 is 20.1 Å². The molecule has 8 nitrogen and oxygen atoms in total. The van der Waals surface area contributed by atoms with Gasteiger partial charge in [-0.2, -0.15) is 0 Å². The summed E-state index contributed by atoms with van der Waals surface area (Å²) in [5.74, 6) is -0.0386. The Kier molecular flexibility index (Phi) is 7.93. The molecule has 0 spiro atoms. The van der Waals surface area contributed by atoms with Crippen molar-refractivity contribution in [1.82, 2.24) is 14.7 Å². The molecule has 1 unspecified atom stereocenters. The SMILES string of the molecule is NC(=O)C1CN(Cc2ccccc2)CCN1C(=O)c1cccc(OCCN2CCOCC2)c1. The van der Waals surface area contributed by atoms with Gasteiger partial charge in [-0.15, -0.1) is 0 Å². The molecule has 0 bridgehead atoms. The molecule has 4 rings (SSSR count). The lowest BCUT2D eigenvalue weighted by atomic mass is 10.1. The second-order valence-electron chi connectivity index (χ2n) is 8.47. The molecule has 2 fully saturated rings. The normalized spacial score (nSPS) is 19.9. The van der Waals surface area contributed by atoms with Crippen LogP contribution in [-0.4, -0.2) is 91.6 Å². The molecule has 0 aliphatic carbocycles. The van der Waals surface area contributed by atoms with Gasteiger partial charge in [0.15, 0.2) is 0 Å². The average molecular weight is 453 g/mol. The molecule has 2 saturated heterocycles. The monoisotopic (exact) mass is 452 g/mol.